The molecule has 0 radical (unpaired) electrons. The number of carbonyl (C=O) groups is 1. The zero-order valence-corrected chi connectivity index (χ0v) is 20.0. The molecule has 0 bridgehead atoms. The molecule has 0 aromatic heterocycles. The Kier molecular flexibility index (Phi) is 10.0. The molecule has 1 unspecified atom stereocenters. The highest BCUT2D eigenvalue weighted by Gasteiger charge is 2.21. The Bertz CT molecular complexity index is 925. The van der Waals surface area contributed by atoms with Gasteiger partial charge in [-0.1, -0.05) is 49.7 Å². The SMILES string of the molecule is COC(=O)CCCCc1ccc(C(CCC(C)C)NS(=O)(=O)c2ccc(Cl)cc2)cc1. The highest BCUT2D eigenvalue weighted by Crippen LogP contribution is 2.25. The summed E-state index contributed by atoms with van der Waals surface area (Å²) in [5, 5.41) is 0.498. The second kappa shape index (κ2) is 12.2. The lowest BCUT2D eigenvalue weighted by Crippen LogP contribution is -2.29. The smallest absolute Gasteiger partial charge is 0.305 e. The fourth-order valence-corrected chi connectivity index (χ4v) is 4.66. The Balaban J connectivity index is 2.08. The van der Waals surface area contributed by atoms with Crippen LogP contribution >= 0.6 is 11.6 Å². The van der Waals surface area contributed by atoms with Gasteiger partial charge in [0.15, 0.2) is 0 Å². The molecule has 0 aliphatic heterocycles. The van der Waals surface area contributed by atoms with Crippen LogP contribution in [0.4, 0.5) is 0 Å². The van der Waals surface area contributed by atoms with Crippen molar-refractivity contribution in [1.82, 2.24) is 4.72 Å². The van der Waals surface area contributed by atoms with Crippen molar-refractivity contribution in [3.05, 3.63) is 64.7 Å². The molecule has 2 aromatic carbocycles. The number of carbonyl (C=O) groups excluding carboxylic acids is 1. The molecule has 0 saturated heterocycles. The fourth-order valence-electron chi connectivity index (χ4n) is 3.28. The summed E-state index contributed by atoms with van der Waals surface area (Å²) < 4.78 is 33.3. The zero-order valence-electron chi connectivity index (χ0n) is 18.4. The Hall–Kier alpha value is -1.89. The number of sulfonamides is 1. The Morgan fingerprint density at radius 2 is 1.65 bits per heavy atom. The number of halogens is 1. The van der Waals surface area contributed by atoms with Crippen molar-refractivity contribution < 1.29 is 17.9 Å². The van der Waals surface area contributed by atoms with Crippen LogP contribution < -0.4 is 4.72 Å². The lowest BCUT2D eigenvalue weighted by atomic mass is 9.97. The minimum Gasteiger partial charge on any atom is -0.469 e. The molecule has 170 valence electrons. The van der Waals surface area contributed by atoms with Gasteiger partial charge in [0.25, 0.3) is 0 Å². The van der Waals surface area contributed by atoms with Gasteiger partial charge < -0.3 is 4.74 Å². The molecule has 5 nitrogen and oxygen atoms in total. The van der Waals surface area contributed by atoms with Gasteiger partial charge in [-0.3, -0.25) is 4.79 Å². The summed E-state index contributed by atoms with van der Waals surface area (Å²) in [6.07, 6.45) is 4.59. The van der Waals surface area contributed by atoms with Crippen LogP contribution in [0.15, 0.2) is 53.4 Å². The fraction of sp³-hybridized carbons (Fsp3) is 0.458. The monoisotopic (exact) mass is 465 g/mol. The van der Waals surface area contributed by atoms with Gasteiger partial charge in [-0.2, -0.15) is 0 Å². The summed E-state index contributed by atoms with van der Waals surface area (Å²) in [4.78, 5) is 11.4. The third-order valence-corrected chi connectivity index (χ3v) is 6.90. The van der Waals surface area contributed by atoms with E-state index in [0.29, 0.717) is 23.8 Å². The van der Waals surface area contributed by atoms with Crippen LogP contribution in [-0.4, -0.2) is 21.5 Å². The van der Waals surface area contributed by atoms with Crippen LogP contribution in [0, 0.1) is 5.92 Å². The minimum absolute atomic E-state index is 0.184. The second-order valence-electron chi connectivity index (χ2n) is 8.12. The summed E-state index contributed by atoms with van der Waals surface area (Å²) in [6, 6.07) is 13.9. The van der Waals surface area contributed by atoms with E-state index in [2.05, 4.69) is 23.3 Å². The quantitative estimate of drug-likeness (QED) is 0.323. The summed E-state index contributed by atoms with van der Waals surface area (Å²) in [6.45, 7) is 4.25. The molecule has 0 saturated carbocycles. The maximum atomic E-state index is 12.9. The normalized spacial score (nSPS) is 12.7. The third kappa shape index (κ3) is 8.63. The Labute approximate surface area is 191 Å². The van der Waals surface area contributed by atoms with Crippen molar-refractivity contribution in [3.63, 3.8) is 0 Å². The summed E-state index contributed by atoms with van der Waals surface area (Å²) in [5.41, 5.74) is 2.10. The van der Waals surface area contributed by atoms with Crippen LogP contribution in [0.1, 0.15) is 63.1 Å². The zero-order chi connectivity index (χ0) is 22.9. The first-order valence-corrected chi connectivity index (χ1v) is 12.5. The number of unbranched alkanes of at least 4 members (excludes halogenated alkanes) is 1. The number of benzene rings is 2. The number of nitrogens with one attached hydrogen (secondary N) is 1. The lowest BCUT2D eigenvalue weighted by Gasteiger charge is -2.21. The molecule has 7 heteroatoms. The molecular formula is C24H32ClNO4S. The third-order valence-electron chi connectivity index (χ3n) is 5.16. The molecular weight excluding hydrogens is 434 g/mol. The highest BCUT2D eigenvalue weighted by atomic mass is 35.5. The molecule has 1 atom stereocenters. The molecule has 0 aliphatic rings. The molecule has 0 spiro atoms. The Morgan fingerprint density at radius 3 is 2.23 bits per heavy atom. The summed E-state index contributed by atoms with van der Waals surface area (Å²) in [7, 11) is -2.26. The van der Waals surface area contributed by atoms with E-state index in [9.17, 15) is 13.2 Å². The number of hydrogen-bond acceptors (Lipinski definition) is 4. The lowest BCUT2D eigenvalue weighted by molar-refractivity contribution is -0.140. The van der Waals surface area contributed by atoms with Crippen LogP contribution in [0.5, 0.6) is 0 Å². The summed E-state index contributed by atoms with van der Waals surface area (Å²) >= 11 is 5.89. The topological polar surface area (TPSA) is 72.5 Å². The van der Waals surface area contributed by atoms with Crippen molar-refractivity contribution in [2.45, 2.75) is 63.3 Å². The molecule has 1 N–H and O–H groups in total. The van der Waals surface area contributed by atoms with Gasteiger partial charge in [-0.05, 0) is 73.4 Å². The number of methoxy groups -OCH3 is 1. The predicted octanol–water partition coefficient (Wildman–Crippen LogP) is 5.68. The molecule has 0 amide bonds. The van der Waals surface area contributed by atoms with E-state index in [4.69, 9.17) is 11.6 Å². The van der Waals surface area contributed by atoms with Gasteiger partial charge >= 0.3 is 5.97 Å². The van der Waals surface area contributed by atoms with Crippen LogP contribution in [0.2, 0.25) is 5.02 Å². The van der Waals surface area contributed by atoms with Crippen molar-refractivity contribution in [2.75, 3.05) is 7.11 Å². The first kappa shape index (κ1) is 25.4. The number of rotatable bonds is 12. The second-order valence-corrected chi connectivity index (χ2v) is 10.3. The van der Waals surface area contributed by atoms with E-state index in [1.54, 1.807) is 12.1 Å². The number of esters is 1. The standard InChI is InChI=1S/C24H32ClNO4S/c1-18(2)8-17-23(26-31(28,29)22-15-13-21(25)14-16-22)20-11-9-19(10-12-20)6-4-5-7-24(27)30-3/h9-16,18,23,26H,4-8,17H2,1-3H3. The van der Waals surface area contributed by atoms with Gasteiger partial charge in [-0.25, -0.2) is 13.1 Å². The molecule has 0 heterocycles. The van der Waals surface area contributed by atoms with E-state index >= 15 is 0 Å². The van der Waals surface area contributed by atoms with Gasteiger partial charge in [-0.15, -0.1) is 0 Å². The van der Waals surface area contributed by atoms with E-state index in [1.165, 1.54) is 19.2 Å². The summed E-state index contributed by atoms with van der Waals surface area (Å²) in [5.74, 6) is 0.285. The van der Waals surface area contributed by atoms with E-state index < -0.39 is 10.0 Å². The largest absolute Gasteiger partial charge is 0.469 e. The molecule has 2 rings (SSSR count). The molecule has 0 aliphatic carbocycles. The van der Waals surface area contributed by atoms with E-state index in [-0.39, 0.29) is 16.9 Å². The van der Waals surface area contributed by atoms with Crippen molar-refractivity contribution in [3.8, 4) is 0 Å². The average Bonchev–Trinajstić information content (AvgIpc) is 2.74. The van der Waals surface area contributed by atoms with Gasteiger partial charge in [0.05, 0.1) is 12.0 Å². The maximum absolute atomic E-state index is 12.9. The number of ether oxygens (including phenoxy) is 1. The van der Waals surface area contributed by atoms with Crippen LogP contribution in [0.25, 0.3) is 0 Å². The van der Waals surface area contributed by atoms with Gasteiger partial charge in [0, 0.05) is 17.5 Å². The van der Waals surface area contributed by atoms with Crippen molar-refractivity contribution in [1.29, 1.82) is 0 Å². The highest BCUT2D eigenvalue weighted by molar-refractivity contribution is 7.89. The van der Waals surface area contributed by atoms with Gasteiger partial charge in [0.1, 0.15) is 0 Å². The van der Waals surface area contributed by atoms with E-state index in [0.717, 1.165) is 36.8 Å². The van der Waals surface area contributed by atoms with Gasteiger partial charge in [0.2, 0.25) is 10.0 Å². The maximum Gasteiger partial charge on any atom is 0.305 e. The Morgan fingerprint density at radius 1 is 1.00 bits per heavy atom. The molecule has 2 aromatic rings. The average molecular weight is 466 g/mol. The number of hydrogen-bond donors (Lipinski definition) is 1. The van der Waals surface area contributed by atoms with Crippen LogP contribution in [0.3, 0.4) is 0 Å². The van der Waals surface area contributed by atoms with Crippen LogP contribution in [-0.2, 0) is 26.0 Å². The minimum atomic E-state index is -3.66. The predicted molar refractivity (Wildman–Crippen MR) is 125 cm³/mol. The first-order chi connectivity index (χ1) is 14.7. The van der Waals surface area contributed by atoms with Crippen molar-refractivity contribution in [2.24, 2.45) is 5.92 Å². The molecule has 0 fully saturated rings. The molecule has 31 heavy (non-hydrogen) atoms. The van der Waals surface area contributed by atoms with Crippen molar-refractivity contribution >= 4 is 27.6 Å². The first-order valence-electron chi connectivity index (χ1n) is 10.6. The van der Waals surface area contributed by atoms with E-state index in [1.807, 2.05) is 24.3 Å². The number of aryl methyl sites for hydroxylation is 1.